The third kappa shape index (κ3) is 5.14. The van der Waals surface area contributed by atoms with E-state index in [4.69, 9.17) is 0 Å². The zero-order chi connectivity index (χ0) is 11.1. The topological polar surface area (TPSA) is 0 Å². The van der Waals surface area contributed by atoms with Gasteiger partial charge in [-0.05, 0) is 11.6 Å². The molecule has 0 bridgehead atoms. The van der Waals surface area contributed by atoms with Crippen molar-refractivity contribution in [3.63, 3.8) is 0 Å². The van der Waals surface area contributed by atoms with Gasteiger partial charge in [0, 0.05) is 0 Å². The number of quaternary nitrogens is 1. The quantitative estimate of drug-likeness (QED) is 0.569. The highest BCUT2D eigenvalue weighted by atomic mass is 79.9. The summed E-state index contributed by atoms with van der Waals surface area (Å²) in [6.07, 6.45) is 4.44. The van der Waals surface area contributed by atoms with Gasteiger partial charge in [-0.25, -0.2) is 0 Å². The Balaban J connectivity index is 2.46. The average Bonchev–Trinajstić information content (AvgIpc) is 2.19. The Morgan fingerprint density at radius 2 is 1.87 bits per heavy atom. The van der Waals surface area contributed by atoms with Crippen molar-refractivity contribution in [3.8, 4) is 0 Å². The number of hydrogen-bond acceptors (Lipinski definition) is 0. The van der Waals surface area contributed by atoms with E-state index in [1.54, 1.807) is 0 Å². The van der Waals surface area contributed by atoms with Crippen LogP contribution in [-0.4, -0.2) is 37.0 Å². The normalized spacial score (nSPS) is 12.2. The molecule has 1 aromatic carbocycles. The van der Waals surface area contributed by atoms with Crippen LogP contribution in [0.1, 0.15) is 5.56 Å². The first-order valence-corrected chi connectivity index (χ1v) is 6.36. The SMILES string of the molecule is C[N+](C)(CC=Cc1ccccc1)CCBr. The molecule has 1 rings (SSSR count). The summed E-state index contributed by atoms with van der Waals surface area (Å²) in [6.45, 7) is 2.22. The molecule has 0 saturated heterocycles. The highest BCUT2D eigenvalue weighted by molar-refractivity contribution is 9.09. The van der Waals surface area contributed by atoms with Gasteiger partial charge in [-0.3, -0.25) is 0 Å². The standard InChI is InChI=1S/C13H19BrN/c1-15(2,12-10-14)11-6-9-13-7-4-3-5-8-13/h3-9H,10-12H2,1-2H3/q+1. The van der Waals surface area contributed by atoms with Gasteiger partial charge in [0.2, 0.25) is 0 Å². The van der Waals surface area contributed by atoms with Crippen LogP contribution in [0.2, 0.25) is 0 Å². The van der Waals surface area contributed by atoms with Crippen LogP contribution in [-0.2, 0) is 0 Å². The van der Waals surface area contributed by atoms with E-state index in [0.29, 0.717) is 0 Å². The molecule has 0 N–H and O–H groups in total. The van der Waals surface area contributed by atoms with Crippen LogP contribution in [0.25, 0.3) is 6.08 Å². The molecule has 0 aromatic heterocycles. The Morgan fingerprint density at radius 3 is 2.47 bits per heavy atom. The molecular weight excluding hydrogens is 250 g/mol. The third-order valence-electron chi connectivity index (χ3n) is 2.40. The Bertz CT molecular complexity index is 304. The minimum Gasteiger partial charge on any atom is -0.325 e. The summed E-state index contributed by atoms with van der Waals surface area (Å²) in [5.74, 6) is 0. The smallest absolute Gasteiger partial charge is 0.0973 e. The van der Waals surface area contributed by atoms with Gasteiger partial charge in [-0.1, -0.05) is 52.3 Å². The fourth-order valence-corrected chi connectivity index (χ4v) is 2.32. The Kier molecular flexibility index (Phi) is 5.06. The van der Waals surface area contributed by atoms with Gasteiger partial charge in [0.15, 0.2) is 0 Å². The highest BCUT2D eigenvalue weighted by Gasteiger charge is 2.10. The Hall–Kier alpha value is -0.600. The molecule has 0 amide bonds. The third-order valence-corrected chi connectivity index (χ3v) is 2.75. The lowest BCUT2D eigenvalue weighted by molar-refractivity contribution is -0.881. The molecule has 0 fully saturated rings. The summed E-state index contributed by atoms with van der Waals surface area (Å²) in [6, 6.07) is 10.4. The largest absolute Gasteiger partial charge is 0.325 e. The monoisotopic (exact) mass is 268 g/mol. The molecule has 0 spiro atoms. The molecule has 0 atom stereocenters. The van der Waals surface area contributed by atoms with Crippen LogP contribution in [0.4, 0.5) is 0 Å². The summed E-state index contributed by atoms with van der Waals surface area (Å²) < 4.78 is 1.02. The minimum absolute atomic E-state index is 1.02. The summed E-state index contributed by atoms with van der Waals surface area (Å²) in [7, 11) is 4.49. The average molecular weight is 269 g/mol. The van der Waals surface area contributed by atoms with Crippen LogP contribution in [0, 0.1) is 0 Å². The fraction of sp³-hybridized carbons (Fsp3) is 0.385. The Labute approximate surface area is 101 Å². The summed E-state index contributed by atoms with van der Waals surface area (Å²) in [5, 5.41) is 1.05. The lowest BCUT2D eigenvalue weighted by atomic mass is 10.2. The van der Waals surface area contributed by atoms with E-state index >= 15 is 0 Å². The summed E-state index contributed by atoms with van der Waals surface area (Å²) >= 11 is 3.48. The maximum atomic E-state index is 3.48. The van der Waals surface area contributed by atoms with Gasteiger partial charge in [0.25, 0.3) is 0 Å². The van der Waals surface area contributed by atoms with E-state index in [2.05, 4.69) is 66.4 Å². The fourth-order valence-electron chi connectivity index (χ4n) is 1.36. The second kappa shape index (κ2) is 6.09. The molecule has 1 aromatic rings. The van der Waals surface area contributed by atoms with Crippen LogP contribution in [0.15, 0.2) is 36.4 Å². The van der Waals surface area contributed by atoms with E-state index in [-0.39, 0.29) is 0 Å². The first kappa shape index (κ1) is 12.5. The van der Waals surface area contributed by atoms with Crippen molar-refractivity contribution in [2.24, 2.45) is 0 Å². The maximum Gasteiger partial charge on any atom is 0.0973 e. The van der Waals surface area contributed by atoms with E-state index in [1.165, 1.54) is 5.56 Å². The van der Waals surface area contributed by atoms with Crippen molar-refractivity contribution >= 4 is 22.0 Å². The second-order valence-corrected chi connectivity index (χ2v) is 5.14. The molecule has 2 heteroatoms. The lowest BCUT2D eigenvalue weighted by Gasteiger charge is -2.27. The number of alkyl halides is 1. The van der Waals surface area contributed by atoms with E-state index in [1.807, 2.05) is 6.07 Å². The first-order valence-electron chi connectivity index (χ1n) is 5.24. The minimum atomic E-state index is 1.02. The molecule has 0 aliphatic heterocycles. The van der Waals surface area contributed by atoms with Gasteiger partial charge in [-0.15, -0.1) is 0 Å². The number of halogens is 1. The molecule has 0 radical (unpaired) electrons. The lowest BCUT2D eigenvalue weighted by Crippen LogP contribution is -2.41. The molecule has 0 unspecified atom stereocenters. The van der Waals surface area contributed by atoms with E-state index in [9.17, 15) is 0 Å². The van der Waals surface area contributed by atoms with Crippen molar-refractivity contribution in [1.29, 1.82) is 0 Å². The predicted molar refractivity (Wildman–Crippen MR) is 71.1 cm³/mol. The molecule has 0 heterocycles. The van der Waals surface area contributed by atoms with Gasteiger partial charge in [-0.2, -0.15) is 0 Å². The van der Waals surface area contributed by atoms with Crippen molar-refractivity contribution < 1.29 is 4.48 Å². The number of benzene rings is 1. The van der Waals surface area contributed by atoms with Crippen molar-refractivity contribution in [1.82, 2.24) is 0 Å². The van der Waals surface area contributed by atoms with E-state index < -0.39 is 0 Å². The number of nitrogens with zero attached hydrogens (tertiary/aromatic N) is 1. The van der Waals surface area contributed by atoms with Crippen LogP contribution < -0.4 is 0 Å². The predicted octanol–water partition coefficient (Wildman–Crippen LogP) is 3.17. The molecule has 1 nitrogen and oxygen atoms in total. The van der Waals surface area contributed by atoms with Gasteiger partial charge in [0.1, 0.15) is 0 Å². The summed E-state index contributed by atoms with van der Waals surface area (Å²) in [4.78, 5) is 0. The van der Waals surface area contributed by atoms with Crippen LogP contribution >= 0.6 is 15.9 Å². The van der Waals surface area contributed by atoms with Crippen molar-refractivity contribution in [3.05, 3.63) is 42.0 Å². The number of likely N-dealkylation sites (N-methyl/N-ethyl adjacent to an activating group) is 1. The van der Waals surface area contributed by atoms with Crippen LogP contribution in [0.5, 0.6) is 0 Å². The van der Waals surface area contributed by atoms with Crippen molar-refractivity contribution in [2.75, 3.05) is 32.5 Å². The number of rotatable bonds is 5. The van der Waals surface area contributed by atoms with Gasteiger partial charge < -0.3 is 4.48 Å². The van der Waals surface area contributed by atoms with Crippen LogP contribution in [0.3, 0.4) is 0 Å². The zero-order valence-corrected chi connectivity index (χ0v) is 11.1. The highest BCUT2D eigenvalue weighted by Crippen LogP contribution is 2.03. The maximum absolute atomic E-state index is 3.48. The molecule has 0 aliphatic rings. The van der Waals surface area contributed by atoms with E-state index in [0.717, 1.165) is 22.9 Å². The zero-order valence-electron chi connectivity index (χ0n) is 9.49. The van der Waals surface area contributed by atoms with Gasteiger partial charge in [0.05, 0.1) is 32.5 Å². The molecule has 0 aliphatic carbocycles. The summed E-state index contributed by atoms with van der Waals surface area (Å²) in [5.41, 5.74) is 1.27. The Morgan fingerprint density at radius 1 is 1.20 bits per heavy atom. The first-order chi connectivity index (χ1) is 7.14. The van der Waals surface area contributed by atoms with Crippen molar-refractivity contribution in [2.45, 2.75) is 0 Å². The molecule has 82 valence electrons. The number of hydrogen-bond donors (Lipinski definition) is 0. The van der Waals surface area contributed by atoms with Gasteiger partial charge >= 0.3 is 0 Å². The molecular formula is C13H19BrN+. The molecule has 15 heavy (non-hydrogen) atoms. The second-order valence-electron chi connectivity index (χ2n) is 4.34. The molecule has 0 saturated carbocycles.